The summed E-state index contributed by atoms with van der Waals surface area (Å²) in [5.74, 6) is -2.32. The zero-order chi connectivity index (χ0) is 24.4. The molecule has 2 aromatic rings. The van der Waals surface area contributed by atoms with E-state index in [1.54, 1.807) is 0 Å². The van der Waals surface area contributed by atoms with Crippen molar-refractivity contribution in [3.63, 3.8) is 0 Å². The fourth-order valence-electron chi connectivity index (χ4n) is 2.70. The number of hydrogen-bond acceptors (Lipinski definition) is 9. The third kappa shape index (κ3) is 6.37. The first-order valence-corrected chi connectivity index (χ1v) is 10.9. The minimum Gasteiger partial charge on any atom is -0.744 e. The van der Waals surface area contributed by atoms with Gasteiger partial charge in [0, 0.05) is 17.8 Å². The van der Waals surface area contributed by atoms with Crippen LogP contribution in [0.25, 0.3) is 0 Å². The van der Waals surface area contributed by atoms with Gasteiger partial charge in [0.25, 0.3) is 17.4 Å². The molecule has 170 valence electrons. The first kappa shape index (κ1) is 28.7. The van der Waals surface area contributed by atoms with Gasteiger partial charge in [0.1, 0.15) is 21.4 Å². The van der Waals surface area contributed by atoms with E-state index in [-0.39, 0.29) is 57.4 Å². The van der Waals surface area contributed by atoms with Crippen molar-refractivity contribution in [1.29, 1.82) is 0 Å². The SMILES string of the molecule is C=C(Br)C(=O)Nc1ccc(S(=O)(=O)[O-])c(N=Nc2c(C)c(C(N)=O)c(O)n(CC)c2=O)c1.[Na+]. The van der Waals surface area contributed by atoms with Crippen LogP contribution in [-0.4, -0.2) is 34.5 Å². The summed E-state index contributed by atoms with van der Waals surface area (Å²) >= 11 is 2.89. The normalized spacial score (nSPS) is 11.2. The van der Waals surface area contributed by atoms with Crippen LogP contribution < -0.4 is 46.2 Å². The maximum atomic E-state index is 12.7. The van der Waals surface area contributed by atoms with Crippen LogP contribution in [0.3, 0.4) is 0 Å². The molecule has 15 heteroatoms. The van der Waals surface area contributed by atoms with Gasteiger partial charge in [-0.05, 0) is 48.0 Å². The number of halogens is 1. The van der Waals surface area contributed by atoms with Crippen molar-refractivity contribution in [2.24, 2.45) is 16.0 Å². The number of anilines is 1. The molecule has 2 rings (SSSR count). The molecule has 0 aliphatic rings. The number of aromatic hydroxyl groups is 1. The van der Waals surface area contributed by atoms with Crippen molar-refractivity contribution in [3.8, 4) is 5.88 Å². The van der Waals surface area contributed by atoms with Gasteiger partial charge in [0.05, 0.1) is 9.38 Å². The van der Waals surface area contributed by atoms with E-state index in [0.717, 1.165) is 22.8 Å². The van der Waals surface area contributed by atoms with Crippen LogP contribution in [0.4, 0.5) is 17.1 Å². The van der Waals surface area contributed by atoms with Crippen LogP contribution in [0.2, 0.25) is 0 Å². The number of benzene rings is 1. The van der Waals surface area contributed by atoms with Gasteiger partial charge in [-0.3, -0.25) is 19.0 Å². The molecule has 12 nitrogen and oxygen atoms in total. The van der Waals surface area contributed by atoms with Crippen molar-refractivity contribution in [3.05, 3.63) is 50.7 Å². The van der Waals surface area contributed by atoms with Crippen LogP contribution in [0, 0.1) is 6.92 Å². The van der Waals surface area contributed by atoms with Gasteiger partial charge in [-0.2, -0.15) is 0 Å². The van der Waals surface area contributed by atoms with Crippen LogP contribution in [0.5, 0.6) is 5.88 Å². The number of nitrogens with zero attached hydrogens (tertiary/aromatic N) is 3. The summed E-state index contributed by atoms with van der Waals surface area (Å²) in [4.78, 5) is 35.4. The molecular formula is C18H17BrN5NaO7S. The molecule has 0 atom stereocenters. The van der Waals surface area contributed by atoms with Gasteiger partial charge < -0.3 is 20.7 Å². The Morgan fingerprint density at radius 2 is 1.94 bits per heavy atom. The molecule has 1 aromatic carbocycles. The molecular weight excluding hydrogens is 533 g/mol. The molecule has 1 aromatic heterocycles. The Hall–Kier alpha value is -2.36. The van der Waals surface area contributed by atoms with Crippen molar-refractivity contribution in [1.82, 2.24) is 4.57 Å². The number of nitrogens with two attached hydrogens (primary N) is 1. The minimum atomic E-state index is -5.00. The van der Waals surface area contributed by atoms with E-state index in [1.165, 1.54) is 13.8 Å². The third-order valence-electron chi connectivity index (χ3n) is 4.21. The van der Waals surface area contributed by atoms with E-state index < -0.39 is 49.6 Å². The topological polar surface area (TPSA) is 196 Å². The number of hydrogen-bond donors (Lipinski definition) is 3. The van der Waals surface area contributed by atoms with Crippen molar-refractivity contribution in [2.45, 2.75) is 25.3 Å². The number of rotatable bonds is 7. The number of azo groups is 1. The summed E-state index contributed by atoms with van der Waals surface area (Å²) in [7, 11) is -5.00. The zero-order valence-corrected chi connectivity index (χ0v) is 22.2. The van der Waals surface area contributed by atoms with Gasteiger partial charge in [0.2, 0.25) is 5.88 Å². The molecule has 2 amide bonds. The Balaban J connectivity index is 0.00000544. The van der Waals surface area contributed by atoms with E-state index in [2.05, 4.69) is 38.1 Å². The summed E-state index contributed by atoms with van der Waals surface area (Å²) in [6, 6.07) is 3.11. The number of nitrogens with one attached hydrogen (secondary N) is 1. The molecule has 0 aliphatic carbocycles. The predicted molar refractivity (Wildman–Crippen MR) is 117 cm³/mol. The molecule has 0 spiro atoms. The number of pyridine rings is 1. The summed E-state index contributed by atoms with van der Waals surface area (Å²) in [5.41, 5.74) is 3.16. The third-order valence-corrected chi connectivity index (χ3v) is 5.45. The summed E-state index contributed by atoms with van der Waals surface area (Å²) in [6.07, 6.45) is 0. The monoisotopic (exact) mass is 549 g/mol. The summed E-state index contributed by atoms with van der Waals surface area (Å²) in [6.45, 7) is 6.17. The van der Waals surface area contributed by atoms with E-state index >= 15 is 0 Å². The van der Waals surface area contributed by atoms with Gasteiger partial charge in [0.15, 0.2) is 5.69 Å². The molecule has 0 bridgehead atoms. The van der Waals surface area contributed by atoms with Crippen LogP contribution in [0.15, 0.2) is 49.2 Å². The average Bonchev–Trinajstić information content (AvgIpc) is 2.67. The minimum absolute atomic E-state index is 0. The molecule has 0 saturated carbocycles. The number of carbonyl (C=O) groups is 2. The standard InChI is InChI=1S/C18H18BrN5O7S.Na/c1-4-24-17(27)13(15(20)25)8(2)14(18(24)28)23-22-11-7-10(21-16(26)9(3)19)5-6-12(11)32(29,30)31;/h5-7,27H,3-4H2,1-2H3,(H2,20,25)(H,21,26)(H,29,30,31);/q;+1/p-1. The Morgan fingerprint density at radius 1 is 1.33 bits per heavy atom. The van der Waals surface area contributed by atoms with Gasteiger partial charge >= 0.3 is 29.6 Å². The smallest absolute Gasteiger partial charge is 0.744 e. The Morgan fingerprint density at radius 3 is 2.42 bits per heavy atom. The Labute approximate surface area is 218 Å². The second-order valence-electron chi connectivity index (χ2n) is 6.28. The second-order valence-corrected chi connectivity index (χ2v) is 8.59. The van der Waals surface area contributed by atoms with Crippen LogP contribution in [0.1, 0.15) is 22.8 Å². The van der Waals surface area contributed by atoms with Crippen LogP contribution in [-0.2, 0) is 21.5 Å². The van der Waals surface area contributed by atoms with E-state index in [1.807, 2.05) is 0 Å². The zero-order valence-electron chi connectivity index (χ0n) is 17.7. The quantitative estimate of drug-likeness (QED) is 0.173. The number of aromatic nitrogens is 1. The van der Waals surface area contributed by atoms with Gasteiger partial charge in [-0.1, -0.05) is 6.58 Å². The molecule has 1 heterocycles. The molecule has 0 aliphatic heterocycles. The second kappa shape index (κ2) is 11.2. The first-order valence-electron chi connectivity index (χ1n) is 8.73. The molecule has 33 heavy (non-hydrogen) atoms. The predicted octanol–water partition coefficient (Wildman–Crippen LogP) is -0.848. The van der Waals surface area contributed by atoms with E-state index in [0.29, 0.717) is 0 Å². The molecule has 0 fully saturated rings. The van der Waals surface area contributed by atoms with Crippen molar-refractivity contribution < 1.29 is 57.2 Å². The maximum Gasteiger partial charge on any atom is 1.00 e. The Bertz CT molecular complexity index is 1340. The average molecular weight is 550 g/mol. The molecule has 0 radical (unpaired) electrons. The van der Waals surface area contributed by atoms with Crippen molar-refractivity contribution in [2.75, 3.05) is 5.32 Å². The number of primary amides is 1. The molecule has 4 N–H and O–H groups in total. The number of amides is 2. The fourth-order valence-corrected chi connectivity index (χ4v) is 3.39. The summed E-state index contributed by atoms with van der Waals surface area (Å²) in [5, 5.41) is 20.0. The van der Waals surface area contributed by atoms with Crippen LogP contribution >= 0.6 is 15.9 Å². The maximum absolute atomic E-state index is 12.7. The largest absolute Gasteiger partial charge is 1.00 e. The Kier molecular flexibility index (Phi) is 9.71. The fraction of sp³-hybridized carbons (Fsp3) is 0.167. The number of carbonyl (C=O) groups excluding carboxylic acids is 2. The van der Waals surface area contributed by atoms with Gasteiger partial charge in [-0.15, -0.1) is 10.2 Å². The van der Waals surface area contributed by atoms with E-state index in [9.17, 15) is 32.5 Å². The summed E-state index contributed by atoms with van der Waals surface area (Å²) < 4.78 is 35.6. The van der Waals surface area contributed by atoms with Gasteiger partial charge in [-0.25, -0.2) is 8.42 Å². The molecule has 0 unspecified atom stereocenters. The van der Waals surface area contributed by atoms with Crippen molar-refractivity contribution >= 4 is 54.9 Å². The first-order chi connectivity index (χ1) is 14.8. The van der Waals surface area contributed by atoms with E-state index in [4.69, 9.17) is 5.73 Å². The molecule has 0 saturated heterocycles.